The number of ether oxygens (including phenoxy) is 2. The summed E-state index contributed by atoms with van der Waals surface area (Å²) in [4.78, 5) is 37.5. The second-order valence-electron chi connectivity index (χ2n) is 7.59. The highest BCUT2D eigenvalue weighted by atomic mass is 35.5. The second kappa shape index (κ2) is 10.5. The number of hydrogen-bond donors (Lipinski definition) is 0. The van der Waals surface area contributed by atoms with Crippen LogP contribution in [-0.2, 0) is 11.3 Å². The molecule has 0 radical (unpaired) electrons. The number of thiazole rings is 1. The van der Waals surface area contributed by atoms with Gasteiger partial charge >= 0.3 is 5.97 Å². The van der Waals surface area contributed by atoms with Crippen LogP contribution in [0.5, 0.6) is 5.75 Å². The molecule has 4 heterocycles. The van der Waals surface area contributed by atoms with Crippen LogP contribution in [0.2, 0.25) is 5.02 Å². The molecule has 0 spiro atoms. The van der Waals surface area contributed by atoms with E-state index in [0.29, 0.717) is 33.7 Å². The molecule has 0 unspecified atom stereocenters. The maximum atomic E-state index is 13.9. The molecule has 0 bridgehead atoms. The van der Waals surface area contributed by atoms with Gasteiger partial charge in [-0.25, -0.2) is 18.6 Å². The molecule has 0 fully saturated rings. The van der Waals surface area contributed by atoms with Gasteiger partial charge in [0.2, 0.25) is 0 Å². The Balaban J connectivity index is 1.67. The molecule has 0 saturated heterocycles. The lowest BCUT2D eigenvalue weighted by atomic mass is 10.2. The van der Waals surface area contributed by atoms with Crippen molar-refractivity contribution >= 4 is 28.9 Å². The number of carbonyl (C=O) groups is 1. The average molecular weight is 533 g/mol. The first-order valence-corrected chi connectivity index (χ1v) is 11.9. The first-order chi connectivity index (χ1) is 17.2. The third-order valence-electron chi connectivity index (χ3n) is 5.07. The maximum Gasteiger partial charge on any atom is 0.357 e. The molecule has 0 N–H and O–H groups in total. The molecular weight excluding hydrogens is 514 g/mol. The van der Waals surface area contributed by atoms with Gasteiger partial charge in [0.05, 0.1) is 18.5 Å². The molecule has 0 aliphatic heterocycles. The Morgan fingerprint density at radius 3 is 2.67 bits per heavy atom. The number of nitrogens with zero attached hydrogens (tertiary/aromatic N) is 4. The summed E-state index contributed by atoms with van der Waals surface area (Å²) in [7, 11) is 0. The van der Waals surface area contributed by atoms with E-state index in [2.05, 4.69) is 15.0 Å². The summed E-state index contributed by atoms with van der Waals surface area (Å²) in [5.41, 5.74) is 1.62. The fraction of sp³-hybridized carbons (Fsp3) is 0.208. The minimum atomic E-state index is -0.871. The minimum absolute atomic E-state index is 0.0341. The van der Waals surface area contributed by atoms with E-state index in [0.717, 1.165) is 6.20 Å². The summed E-state index contributed by atoms with van der Waals surface area (Å²) in [5.74, 6) is -2.18. The first kappa shape index (κ1) is 25.4. The maximum absolute atomic E-state index is 13.9. The van der Waals surface area contributed by atoms with Crippen molar-refractivity contribution in [3.63, 3.8) is 0 Å². The molecular formula is C24H19ClF2N4O4S. The SMILES string of the molecule is CCOC(=O)c1csc(-c2cc(-n3c(C)cc(OCc4ncc(F)cc4F)c(Cl)c3=O)c(C)cn2)n1. The number of aromatic nitrogens is 4. The first-order valence-electron chi connectivity index (χ1n) is 10.6. The van der Waals surface area contributed by atoms with E-state index in [9.17, 15) is 18.4 Å². The molecule has 8 nitrogen and oxygen atoms in total. The Labute approximate surface area is 213 Å². The molecule has 0 aliphatic rings. The van der Waals surface area contributed by atoms with Crippen LogP contribution in [-0.4, -0.2) is 32.1 Å². The molecule has 4 aromatic heterocycles. The Morgan fingerprint density at radius 1 is 1.17 bits per heavy atom. The van der Waals surface area contributed by atoms with Gasteiger partial charge in [-0.3, -0.25) is 19.3 Å². The van der Waals surface area contributed by atoms with Gasteiger partial charge in [-0.2, -0.15) is 0 Å². The predicted molar refractivity (Wildman–Crippen MR) is 130 cm³/mol. The highest BCUT2D eigenvalue weighted by Crippen LogP contribution is 2.28. The molecule has 4 rings (SSSR count). The summed E-state index contributed by atoms with van der Waals surface area (Å²) in [6.45, 7) is 5.06. The third-order valence-corrected chi connectivity index (χ3v) is 6.28. The Kier molecular flexibility index (Phi) is 7.41. The number of hydrogen-bond acceptors (Lipinski definition) is 8. The molecule has 0 saturated carbocycles. The van der Waals surface area contributed by atoms with Gasteiger partial charge < -0.3 is 9.47 Å². The fourth-order valence-electron chi connectivity index (χ4n) is 3.34. The molecule has 186 valence electrons. The monoisotopic (exact) mass is 532 g/mol. The lowest BCUT2D eigenvalue weighted by Gasteiger charge is -2.16. The summed E-state index contributed by atoms with van der Waals surface area (Å²) in [5, 5.41) is 1.83. The normalized spacial score (nSPS) is 10.9. The number of rotatable bonds is 7. The largest absolute Gasteiger partial charge is 0.485 e. The topological polar surface area (TPSA) is 96.2 Å². The van der Waals surface area contributed by atoms with Gasteiger partial charge in [-0.15, -0.1) is 11.3 Å². The lowest BCUT2D eigenvalue weighted by molar-refractivity contribution is 0.0520. The van der Waals surface area contributed by atoms with Crippen molar-refractivity contribution in [2.45, 2.75) is 27.4 Å². The number of pyridine rings is 3. The Bertz CT molecular complexity index is 1520. The van der Waals surface area contributed by atoms with Gasteiger partial charge in [-0.05, 0) is 32.4 Å². The zero-order valence-corrected chi connectivity index (χ0v) is 20.9. The van der Waals surface area contributed by atoms with Gasteiger partial charge in [0, 0.05) is 29.4 Å². The standard InChI is InChI=1S/C24H19ClF2N4O4S/c1-4-34-24(33)18-11-36-22(30-18)16-7-19(12(2)8-28-16)31-13(3)5-20(21(25)23(31)32)35-10-17-15(27)6-14(26)9-29-17/h5-9,11H,4,10H2,1-3H3. The van der Waals surface area contributed by atoms with Gasteiger partial charge in [-0.1, -0.05) is 11.6 Å². The summed E-state index contributed by atoms with van der Waals surface area (Å²) >= 11 is 7.54. The molecule has 12 heteroatoms. The molecule has 0 amide bonds. The van der Waals surface area contributed by atoms with E-state index in [1.54, 1.807) is 38.4 Å². The van der Waals surface area contributed by atoms with Crippen molar-refractivity contribution in [1.82, 2.24) is 19.5 Å². The van der Waals surface area contributed by atoms with Gasteiger partial charge in [0.25, 0.3) is 5.56 Å². The van der Waals surface area contributed by atoms with Crippen LogP contribution in [0.4, 0.5) is 8.78 Å². The van der Waals surface area contributed by atoms with Crippen molar-refractivity contribution in [3.05, 3.63) is 85.6 Å². The summed E-state index contributed by atoms with van der Waals surface area (Å²) < 4.78 is 38.9. The number of esters is 1. The molecule has 36 heavy (non-hydrogen) atoms. The zero-order valence-electron chi connectivity index (χ0n) is 19.3. The van der Waals surface area contributed by atoms with Crippen molar-refractivity contribution < 1.29 is 23.0 Å². The average Bonchev–Trinajstić information content (AvgIpc) is 3.33. The highest BCUT2D eigenvalue weighted by molar-refractivity contribution is 7.13. The van der Waals surface area contributed by atoms with E-state index < -0.39 is 23.2 Å². The van der Waals surface area contributed by atoms with Crippen LogP contribution in [0.25, 0.3) is 16.4 Å². The summed E-state index contributed by atoms with van der Waals surface area (Å²) in [6, 6.07) is 3.90. The van der Waals surface area contributed by atoms with Crippen molar-refractivity contribution in [2.24, 2.45) is 0 Å². The van der Waals surface area contributed by atoms with Crippen LogP contribution in [0, 0.1) is 25.5 Å². The third kappa shape index (κ3) is 5.12. The number of halogens is 3. The van der Waals surface area contributed by atoms with E-state index in [-0.39, 0.29) is 35.4 Å². The minimum Gasteiger partial charge on any atom is -0.485 e. The molecule has 0 aromatic carbocycles. The Hall–Kier alpha value is -3.70. The molecule has 4 aromatic rings. The predicted octanol–water partition coefficient (Wildman–Crippen LogP) is 5.06. The highest BCUT2D eigenvalue weighted by Gasteiger charge is 2.19. The van der Waals surface area contributed by atoms with E-state index in [4.69, 9.17) is 21.1 Å². The molecule has 0 aliphatic carbocycles. The lowest BCUT2D eigenvalue weighted by Crippen LogP contribution is -2.23. The van der Waals surface area contributed by atoms with Crippen molar-refractivity contribution in [2.75, 3.05) is 6.61 Å². The fourth-order valence-corrected chi connectivity index (χ4v) is 4.29. The van der Waals surface area contributed by atoms with E-state index >= 15 is 0 Å². The number of aryl methyl sites for hydroxylation is 2. The van der Waals surface area contributed by atoms with Crippen LogP contribution < -0.4 is 10.3 Å². The Morgan fingerprint density at radius 2 is 1.94 bits per heavy atom. The smallest absolute Gasteiger partial charge is 0.357 e. The second-order valence-corrected chi connectivity index (χ2v) is 8.83. The van der Waals surface area contributed by atoms with E-state index in [1.807, 2.05) is 0 Å². The summed E-state index contributed by atoms with van der Waals surface area (Å²) in [6.07, 6.45) is 2.46. The van der Waals surface area contributed by atoms with Gasteiger partial charge in [0.15, 0.2) is 11.5 Å². The zero-order chi connectivity index (χ0) is 26.0. The van der Waals surface area contributed by atoms with Crippen LogP contribution in [0.3, 0.4) is 0 Å². The van der Waals surface area contributed by atoms with Gasteiger partial charge in [0.1, 0.15) is 39.6 Å². The molecule has 0 atom stereocenters. The van der Waals surface area contributed by atoms with Crippen LogP contribution in [0.1, 0.15) is 34.4 Å². The van der Waals surface area contributed by atoms with Crippen molar-refractivity contribution in [3.8, 4) is 22.1 Å². The van der Waals surface area contributed by atoms with Crippen LogP contribution >= 0.6 is 22.9 Å². The van der Waals surface area contributed by atoms with E-state index in [1.165, 1.54) is 22.0 Å². The van der Waals surface area contributed by atoms with Crippen molar-refractivity contribution in [1.29, 1.82) is 0 Å². The number of carbonyl (C=O) groups excluding carboxylic acids is 1. The quantitative estimate of drug-likeness (QED) is 0.307. The van der Waals surface area contributed by atoms with Crippen LogP contribution in [0.15, 0.2) is 40.8 Å².